The van der Waals surface area contributed by atoms with Gasteiger partial charge in [0.2, 0.25) is 0 Å². The molecular formula is C21H22N4O. The maximum atomic E-state index is 12.3. The Kier molecular flexibility index (Phi) is 6.31. The third-order valence-corrected chi connectivity index (χ3v) is 4.00. The van der Waals surface area contributed by atoms with Gasteiger partial charge < -0.3 is 10.6 Å². The molecule has 3 aromatic rings. The Labute approximate surface area is 153 Å². The number of nitrogens with zero attached hydrogens (tertiary/aromatic N) is 2. The number of carbonyl (C=O) groups excluding carboxylic acids is 1. The third-order valence-electron chi connectivity index (χ3n) is 4.00. The predicted molar refractivity (Wildman–Crippen MR) is 103 cm³/mol. The molecule has 0 bridgehead atoms. The molecule has 1 heterocycles. The lowest BCUT2D eigenvalue weighted by Crippen LogP contribution is -2.26. The van der Waals surface area contributed by atoms with Crippen LogP contribution in [0.5, 0.6) is 0 Å². The first-order chi connectivity index (χ1) is 12.8. The van der Waals surface area contributed by atoms with Gasteiger partial charge in [0.25, 0.3) is 5.91 Å². The predicted octanol–water partition coefficient (Wildman–Crippen LogP) is 3.10. The van der Waals surface area contributed by atoms with Crippen molar-refractivity contribution in [2.45, 2.75) is 12.8 Å². The van der Waals surface area contributed by atoms with Crippen molar-refractivity contribution in [3.05, 3.63) is 89.9 Å². The van der Waals surface area contributed by atoms with Crippen LogP contribution in [0.2, 0.25) is 0 Å². The van der Waals surface area contributed by atoms with Crippen LogP contribution in [0, 0.1) is 0 Å². The number of rotatable bonds is 8. The minimum atomic E-state index is -0.186. The number of hydrogen-bond acceptors (Lipinski definition) is 4. The van der Waals surface area contributed by atoms with Crippen molar-refractivity contribution in [3.8, 4) is 0 Å². The highest BCUT2D eigenvalue weighted by Gasteiger charge is 2.08. The lowest BCUT2D eigenvalue weighted by atomic mass is 10.1. The summed E-state index contributed by atoms with van der Waals surface area (Å²) in [6, 6.07) is 22.0. The molecule has 2 aromatic carbocycles. The van der Waals surface area contributed by atoms with Crippen LogP contribution in [0.25, 0.3) is 0 Å². The molecule has 1 amide bonds. The highest BCUT2D eigenvalue weighted by molar-refractivity contribution is 5.92. The number of anilines is 1. The zero-order valence-electron chi connectivity index (χ0n) is 14.6. The average molecular weight is 346 g/mol. The molecule has 0 aliphatic heterocycles. The van der Waals surface area contributed by atoms with Gasteiger partial charge in [-0.15, -0.1) is 0 Å². The molecule has 0 spiro atoms. The van der Waals surface area contributed by atoms with Crippen LogP contribution >= 0.6 is 0 Å². The summed E-state index contributed by atoms with van der Waals surface area (Å²) in [5.74, 6) is 0.471. The van der Waals surface area contributed by atoms with E-state index in [4.69, 9.17) is 0 Å². The van der Waals surface area contributed by atoms with E-state index in [0.29, 0.717) is 18.1 Å². The Balaban J connectivity index is 1.47. The molecule has 26 heavy (non-hydrogen) atoms. The van der Waals surface area contributed by atoms with Gasteiger partial charge in [-0.25, -0.2) is 9.97 Å². The molecule has 1 aromatic heterocycles. The lowest BCUT2D eigenvalue weighted by molar-refractivity contribution is 0.0949. The first-order valence-corrected chi connectivity index (χ1v) is 8.73. The summed E-state index contributed by atoms with van der Waals surface area (Å²) in [7, 11) is 0. The molecule has 5 nitrogen and oxygen atoms in total. The van der Waals surface area contributed by atoms with Crippen LogP contribution in [0.3, 0.4) is 0 Å². The highest BCUT2D eigenvalue weighted by Crippen LogP contribution is 2.06. The maximum absolute atomic E-state index is 12.3. The summed E-state index contributed by atoms with van der Waals surface area (Å²) in [4.78, 5) is 20.5. The smallest absolute Gasteiger partial charge is 0.270 e. The average Bonchev–Trinajstić information content (AvgIpc) is 2.70. The van der Waals surface area contributed by atoms with Crippen molar-refractivity contribution in [2.75, 3.05) is 18.4 Å². The molecule has 0 unspecified atom stereocenters. The van der Waals surface area contributed by atoms with Crippen molar-refractivity contribution in [2.24, 2.45) is 0 Å². The Morgan fingerprint density at radius 1 is 0.808 bits per heavy atom. The van der Waals surface area contributed by atoms with Crippen LogP contribution < -0.4 is 10.6 Å². The summed E-state index contributed by atoms with van der Waals surface area (Å²) < 4.78 is 0. The van der Waals surface area contributed by atoms with E-state index in [-0.39, 0.29) is 5.91 Å². The third kappa shape index (κ3) is 5.41. The second-order valence-corrected chi connectivity index (χ2v) is 5.94. The highest BCUT2D eigenvalue weighted by atomic mass is 16.1. The fourth-order valence-electron chi connectivity index (χ4n) is 2.61. The minimum absolute atomic E-state index is 0.186. The van der Waals surface area contributed by atoms with Crippen molar-refractivity contribution in [1.29, 1.82) is 0 Å². The fraction of sp³-hybridized carbons (Fsp3) is 0.190. The maximum Gasteiger partial charge on any atom is 0.270 e. The number of benzene rings is 2. The molecule has 0 radical (unpaired) electrons. The monoisotopic (exact) mass is 346 g/mol. The summed E-state index contributed by atoms with van der Waals surface area (Å²) in [5, 5.41) is 6.14. The molecule has 0 saturated carbocycles. The van der Waals surface area contributed by atoms with Crippen LogP contribution in [0.1, 0.15) is 21.6 Å². The van der Waals surface area contributed by atoms with E-state index in [2.05, 4.69) is 32.7 Å². The zero-order valence-corrected chi connectivity index (χ0v) is 14.6. The van der Waals surface area contributed by atoms with Gasteiger partial charge in [0.1, 0.15) is 17.8 Å². The van der Waals surface area contributed by atoms with Gasteiger partial charge in [-0.2, -0.15) is 0 Å². The number of aromatic nitrogens is 2. The van der Waals surface area contributed by atoms with E-state index >= 15 is 0 Å². The molecule has 0 saturated heterocycles. The second kappa shape index (κ2) is 9.32. The molecule has 5 heteroatoms. The van der Waals surface area contributed by atoms with E-state index in [1.807, 2.05) is 48.5 Å². The number of hydrogen-bond donors (Lipinski definition) is 2. The normalized spacial score (nSPS) is 10.3. The fourth-order valence-corrected chi connectivity index (χ4v) is 2.61. The number of nitrogens with one attached hydrogen (secondary N) is 2. The Bertz CT molecular complexity index is 822. The van der Waals surface area contributed by atoms with Crippen LogP contribution in [0.15, 0.2) is 73.1 Å². The molecular weight excluding hydrogens is 324 g/mol. The lowest BCUT2D eigenvalue weighted by Gasteiger charge is -2.08. The Morgan fingerprint density at radius 2 is 1.42 bits per heavy atom. The number of carbonyl (C=O) groups is 1. The van der Waals surface area contributed by atoms with Gasteiger partial charge in [-0.1, -0.05) is 60.7 Å². The van der Waals surface area contributed by atoms with Crippen molar-refractivity contribution >= 4 is 11.7 Å². The Morgan fingerprint density at radius 3 is 2.08 bits per heavy atom. The SMILES string of the molecule is O=C(NCCc1ccccc1)c1cc(NCCc2ccccc2)ncn1. The van der Waals surface area contributed by atoms with Crippen LogP contribution in [0.4, 0.5) is 5.82 Å². The first kappa shape index (κ1) is 17.6. The van der Waals surface area contributed by atoms with Crippen LogP contribution in [-0.2, 0) is 12.8 Å². The van der Waals surface area contributed by atoms with Gasteiger partial charge in [-0.05, 0) is 24.0 Å². The molecule has 2 N–H and O–H groups in total. The summed E-state index contributed by atoms with van der Waals surface area (Å²) in [6.07, 6.45) is 3.10. The molecule has 0 fully saturated rings. The molecule has 0 atom stereocenters. The topological polar surface area (TPSA) is 66.9 Å². The largest absolute Gasteiger partial charge is 0.370 e. The molecule has 0 aliphatic rings. The second-order valence-electron chi connectivity index (χ2n) is 5.94. The van der Waals surface area contributed by atoms with E-state index in [0.717, 1.165) is 19.4 Å². The van der Waals surface area contributed by atoms with Crippen molar-refractivity contribution < 1.29 is 4.79 Å². The molecule has 3 rings (SSSR count). The standard InChI is InChI=1S/C21H22N4O/c26-21(23-14-12-18-9-5-2-6-10-18)19-15-20(25-16-24-19)22-13-11-17-7-3-1-4-8-17/h1-10,15-16H,11-14H2,(H,23,26)(H,22,24,25). The van der Waals surface area contributed by atoms with E-state index in [9.17, 15) is 4.79 Å². The summed E-state index contributed by atoms with van der Waals surface area (Å²) >= 11 is 0. The number of amides is 1. The van der Waals surface area contributed by atoms with E-state index in [1.54, 1.807) is 6.07 Å². The van der Waals surface area contributed by atoms with Gasteiger partial charge in [-0.3, -0.25) is 4.79 Å². The van der Waals surface area contributed by atoms with Gasteiger partial charge in [0.15, 0.2) is 0 Å². The minimum Gasteiger partial charge on any atom is -0.370 e. The van der Waals surface area contributed by atoms with Gasteiger partial charge in [0.05, 0.1) is 0 Å². The van der Waals surface area contributed by atoms with Crippen LogP contribution in [-0.4, -0.2) is 29.0 Å². The van der Waals surface area contributed by atoms with Crippen molar-refractivity contribution in [1.82, 2.24) is 15.3 Å². The van der Waals surface area contributed by atoms with E-state index in [1.165, 1.54) is 17.5 Å². The quantitative estimate of drug-likeness (QED) is 0.658. The van der Waals surface area contributed by atoms with Gasteiger partial charge in [0, 0.05) is 19.2 Å². The molecule has 132 valence electrons. The Hall–Kier alpha value is -3.21. The zero-order chi connectivity index (χ0) is 18.0. The van der Waals surface area contributed by atoms with Crippen molar-refractivity contribution in [3.63, 3.8) is 0 Å². The molecule has 0 aliphatic carbocycles. The summed E-state index contributed by atoms with van der Waals surface area (Å²) in [5.41, 5.74) is 2.82. The van der Waals surface area contributed by atoms with Gasteiger partial charge >= 0.3 is 0 Å². The van der Waals surface area contributed by atoms with E-state index < -0.39 is 0 Å². The summed E-state index contributed by atoms with van der Waals surface area (Å²) in [6.45, 7) is 1.32. The first-order valence-electron chi connectivity index (χ1n) is 8.73.